The molecule has 0 radical (unpaired) electrons. The second-order valence-corrected chi connectivity index (χ2v) is 5.25. The molecule has 4 heteroatoms. The van der Waals surface area contributed by atoms with Crippen LogP contribution in [0.15, 0.2) is 18.2 Å². The van der Waals surface area contributed by atoms with Crippen molar-refractivity contribution in [1.29, 1.82) is 0 Å². The van der Waals surface area contributed by atoms with Gasteiger partial charge in [-0.3, -0.25) is 4.79 Å². The molecule has 1 amide bonds. The number of aryl methyl sites for hydroxylation is 1. The molecule has 1 fully saturated rings. The molecule has 0 spiro atoms. The molecule has 1 aliphatic heterocycles. The lowest BCUT2D eigenvalue weighted by Gasteiger charge is -2.38. The summed E-state index contributed by atoms with van der Waals surface area (Å²) in [6, 6.07) is 5.73. The third kappa shape index (κ3) is 2.89. The molecular formula is C15H22N2O2. The van der Waals surface area contributed by atoms with Crippen LogP contribution in [0.5, 0.6) is 0 Å². The van der Waals surface area contributed by atoms with Crippen LogP contribution >= 0.6 is 0 Å². The van der Waals surface area contributed by atoms with Gasteiger partial charge in [0.2, 0.25) is 0 Å². The Morgan fingerprint density at radius 2 is 2.26 bits per heavy atom. The molecule has 0 aromatic heterocycles. The Kier molecular flexibility index (Phi) is 4.10. The standard InChI is InChI=1S/C15H22N2O2/c1-4-12-9-19-11(3)8-17(12)15(18)13-6-5-10(2)7-14(13)16/h5-7,11-12H,4,8-9,16H2,1-3H3. The van der Waals surface area contributed by atoms with Gasteiger partial charge in [-0.15, -0.1) is 0 Å². The number of rotatable bonds is 2. The maximum Gasteiger partial charge on any atom is 0.256 e. The number of nitrogens with zero attached hydrogens (tertiary/aromatic N) is 1. The number of benzene rings is 1. The van der Waals surface area contributed by atoms with Crippen molar-refractivity contribution in [3.63, 3.8) is 0 Å². The maximum absolute atomic E-state index is 12.6. The van der Waals surface area contributed by atoms with Crippen LogP contribution in [-0.4, -0.2) is 36.1 Å². The molecule has 1 aliphatic rings. The highest BCUT2D eigenvalue weighted by Crippen LogP contribution is 2.21. The van der Waals surface area contributed by atoms with Gasteiger partial charge >= 0.3 is 0 Å². The lowest BCUT2D eigenvalue weighted by atomic mass is 10.1. The van der Waals surface area contributed by atoms with Gasteiger partial charge in [0.1, 0.15) is 0 Å². The van der Waals surface area contributed by atoms with Crippen molar-refractivity contribution in [3.05, 3.63) is 29.3 Å². The van der Waals surface area contributed by atoms with Crippen LogP contribution in [0.2, 0.25) is 0 Å². The van der Waals surface area contributed by atoms with Gasteiger partial charge in [0.25, 0.3) is 5.91 Å². The summed E-state index contributed by atoms with van der Waals surface area (Å²) < 4.78 is 5.62. The van der Waals surface area contributed by atoms with Gasteiger partial charge < -0.3 is 15.4 Å². The molecule has 1 heterocycles. The molecule has 0 bridgehead atoms. The van der Waals surface area contributed by atoms with E-state index in [2.05, 4.69) is 6.92 Å². The SMILES string of the molecule is CCC1COC(C)CN1C(=O)c1ccc(C)cc1N. The zero-order chi connectivity index (χ0) is 14.0. The van der Waals surface area contributed by atoms with Gasteiger partial charge in [0, 0.05) is 12.2 Å². The lowest BCUT2D eigenvalue weighted by Crippen LogP contribution is -2.51. The third-order valence-corrected chi connectivity index (χ3v) is 3.64. The van der Waals surface area contributed by atoms with Crippen molar-refractivity contribution in [3.8, 4) is 0 Å². The molecule has 4 nitrogen and oxygen atoms in total. The first-order valence-electron chi connectivity index (χ1n) is 6.81. The number of morpholine rings is 1. The number of anilines is 1. The Bertz CT molecular complexity index is 473. The Balaban J connectivity index is 2.25. The van der Waals surface area contributed by atoms with Crippen molar-refractivity contribution in [2.75, 3.05) is 18.9 Å². The number of hydrogen-bond donors (Lipinski definition) is 1. The molecule has 1 saturated heterocycles. The highest BCUT2D eigenvalue weighted by atomic mass is 16.5. The van der Waals surface area contributed by atoms with Gasteiger partial charge in [-0.25, -0.2) is 0 Å². The Morgan fingerprint density at radius 1 is 1.53 bits per heavy atom. The zero-order valence-electron chi connectivity index (χ0n) is 11.8. The van der Waals surface area contributed by atoms with E-state index in [0.717, 1.165) is 12.0 Å². The number of hydrogen-bond acceptors (Lipinski definition) is 3. The molecule has 0 saturated carbocycles. The predicted molar refractivity (Wildman–Crippen MR) is 76.1 cm³/mol. The molecule has 2 unspecified atom stereocenters. The van der Waals surface area contributed by atoms with E-state index in [1.165, 1.54) is 0 Å². The molecule has 1 aromatic rings. The van der Waals surface area contributed by atoms with Gasteiger partial charge in [0.05, 0.1) is 24.3 Å². The Hall–Kier alpha value is -1.55. The molecule has 1 aromatic carbocycles. The fourth-order valence-electron chi connectivity index (χ4n) is 2.46. The van der Waals surface area contributed by atoms with Crippen LogP contribution < -0.4 is 5.73 Å². The summed E-state index contributed by atoms with van der Waals surface area (Å²) in [4.78, 5) is 14.5. The monoisotopic (exact) mass is 262 g/mol. The summed E-state index contributed by atoms with van der Waals surface area (Å²) in [5.41, 5.74) is 8.19. The number of nitrogens with two attached hydrogens (primary N) is 1. The topological polar surface area (TPSA) is 55.6 Å². The van der Waals surface area contributed by atoms with Crippen molar-refractivity contribution in [2.24, 2.45) is 0 Å². The average molecular weight is 262 g/mol. The summed E-state index contributed by atoms with van der Waals surface area (Å²) >= 11 is 0. The van der Waals surface area contributed by atoms with Gasteiger partial charge in [-0.2, -0.15) is 0 Å². The molecule has 19 heavy (non-hydrogen) atoms. The summed E-state index contributed by atoms with van der Waals surface area (Å²) in [7, 11) is 0. The third-order valence-electron chi connectivity index (χ3n) is 3.64. The van der Waals surface area contributed by atoms with Gasteiger partial charge in [0.15, 0.2) is 0 Å². The van der Waals surface area contributed by atoms with Crippen LogP contribution in [0.1, 0.15) is 36.2 Å². The number of nitrogen functional groups attached to an aromatic ring is 1. The van der Waals surface area contributed by atoms with Gasteiger partial charge in [-0.1, -0.05) is 13.0 Å². The van der Waals surface area contributed by atoms with Crippen LogP contribution in [0.3, 0.4) is 0 Å². The van der Waals surface area contributed by atoms with Crippen LogP contribution in [0.4, 0.5) is 5.69 Å². The summed E-state index contributed by atoms with van der Waals surface area (Å²) in [5, 5.41) is 0. The van der Waals surface area contributed by atoms with Crippen molar-refractivity contribution in [1.82, 2.24) is 4.90 Å². The smallest absolute Gasteiger partial charge is 0.256 e. The van der Waals surface area contributed by atoms with E-state index in [4.69, 9.17) is 10.5 Å². The Morgan fingerprint density at radius 3 is 2.89 bits per heavy atom. The molecular weight excluding hydrogens is 240 g/mol. The highest BCUT2D eigenvalue weighted by molar-refractivity contribution is 5.99. The molecule has 2 rings (SSSR count). The molecule has 2 N–H and O–H groups in total. The van der Waals surface area contributed by atoms with E-state index in [9.17, 15) is 4.79 Å². The van der Waals surface area contributed by atoms with Gasteiger partial charge in [-0.05, 0) is 38.0 Å². The van der Waals surface area contributed by atoms with E-state index >= 15 is 0 Å². The minimum absolute atomic E-state index is 0.0134. The normalized spacial score (nSPS) is 23.4. The maximum atomic E-state index is 12.6. The number of ether oxygens (including phenoxy) is 1. The first-order valence-corrected chi connectivity index (χ1v) is 6.81. The summed E-state index contributed by atoms with van der Waals surface area (Å²) in [5.74, 6) is 0.0134. The summed E-state index contributed by atoms with van der Waals surface area (Å²) in [6.45, 7) is 7.27. The molecule has 0 aliphatic carbocycles. The number of carbonyl (C=O) groups is 1. The van der Waals surface area contributed by atoms with Crippen molar-refractivity contribution >= 4 is 11.6 Å². The second-order valence-electron chi connectivity index (χ2n) is 5.25. The van der Waals surface area contributed by atoms with E-state index in [1.54, 1.807) is 0 Å². The van der Waals surface area contributed by atoms with Crippen LogP contribution in [0.25, 0.3) is 0 Å². The van der Waals surface area contributed by atoms with E-state index in [1.807, 2.05) is 36.9 Å². The predicted octanol–water partition coefficient (Wildman–Crippen LogP) is 2.22. The quantitative estimate of drug-likeness (QED) is 0.831. The summed E-state index contributed by atoms with van der Waals surface area (Å²) in [6.07, 6.45) is 0.975. The molecule has 2 atom stereocenters. The van der Waals surface area contributed by atoms with E-state index in [0.29, 0.717) is 24.4 Å². The first kappa shape index (κ1) is 13.9. The lowest BCUT2D eigenvalue weighted by molar-refractivity contribution is -0.0443. The number of carbonyl (C=O) groups excluding carboxylic acids is 1. The van der Waals surface area contributed by atoms with Crippen LogP contribution in [-0.2, 0) is 4.74 Å². The zero-order valence-corrected chi connectivity index (χ0v) is 11.8. The minimum Gasteiger partial charge on any atom is -0.398 e. The van der Waals surface area contributed by atoms with E-state index in [-0.39, 0.29) is 18.1 Å². The Labute approximate surface area is 114 Å². The fraction of sp³-hybridized carbons (Fsp3) is 0.533. The van der Waals surface area contributed by atoms with E-state index < -0.39 is 0 Å². The number of amides is 1. The minimum atomic E-state index is 0.0134. The molecule has 104 valence electrons. The highest BCUT2D eigenvalue weighted by Gasteiger charge is 2.30. The largest absolute Gasteiger partial charge is 0.398 e. The first-order chi connectivity index (χ1) is 9.02. The fourth-order valence-corrected chi connectivity index (χ4v) is 2.46. The van der Waals surface area contributed by atoms with Crippen molar-refractivity contribution in [2.45, 2.75) is 39.3 Å². The average Bonchev–Trinajstić information content (AvgIpc) is 2.38. The van der Waals surface area contributed by atoms with Crippen LogP contribution in [0, 0.1) is 6.92 Å². The van der Waals surface area contributed by atoms with Crippen molar-refractivity contribution < 1.29 is 9.53 Å². The second kappa shape index (κ2) is 5.61.